The summed E-state index contributed by atoms with van der Waals surface area (Å²) in [6, 6.07) is 0.544. The van der Waals surface area contributed by atoms with Gasteiger partial charge in [-0.25, -0.2) is 0 Å². The van der Waals surface area contributed by atoms with Gasteiger partial charge in [-0.3, -0.25) is 9.69 Å². The highest BCUT2D eigenvalue weighted by molar-refractivity contribution is 5.82. The zero-order valence-corrected chi connectivity index (χ0v) is 13.5. The quantitative estimate of drug-likeness (QED) is 0.759. The smallest absolute Gasteiger partial charge is 0.240 e. The van der Waals surface area contributed by atoms with E-state index in [1.165, 1.54) is 0 Å². The maximum absolute atomic E-state index is 12.6. The molecule has 4 nitrogen and oxygen atoms in total. The maximum Gasteiger partial charge on any atom is 0.240 e. The van der Waals surface area contributed by atoms with Crippen molar-refractivity contribution in [1.29, 1.82) is 0 Å². The molecule has 0 saturated carbocycles. The molecule has 0 aliphatic carbocycles. The lowest BCUT2D eigenvalue weighted by Gasteiger charge is -2.40. The SMILES string of the molecule is CCN1CCN(C(C)C(=O)N(C(C)C)C(C)C)CC1. The first-order chi connectivity index (χ1) is 8.88. The minimum absolute atomic E-state index is 0.00352. The summed E-state index contributed by atoms with van der Waals surface area (Å²) in [5, 5.41) is 0. The highest BCUT2D eigenvalue weighted by Crippen LogP contribution is 2.13. The number of carbonyl (C=O) groups is 1. The third-order valence-corrected chi connectivity index (χ3v) is 4.13. The number of hydrogen-bond donors (Lipinski definition) is 0. The average molecular weight is 269 g/mol. The minimum Gasteiger partial charge on any atom is -0.336 e. The Labute approximate surface area is 118 Å². The summed E-state index contributed by atoms with van der Waals surface area (Å²) in [6.45, 7) is 17.9. The van der Waals surface area contributed by atoms with E-state index in [1.807, 2.05) is 4.90 Å². The zero-order valence-electron chi connectivity index (χ0n) is 13.5. The summed E-state index contributed by atoms with van der Waals surface area (Å²) in [5.41, 5.74) is 0. The molecule has 1 amide bonds. The lowest BCUT2D eigenvalue weighted by atomic mass is 10.1. The van der Waals surface area contributed by atoms with Crippen LogP contribution in [0, 0.1) is 0 Å². The molecule has 1 atom stereocenters. The first-order valence-corrected chi connectivity index (χ1v) is 7.67. The molecule has 0 spiro atoms. The number of amides is 1. The number of rotatable bonds is 5. The van der Waals surface area contributed by atoms with E-state index >= 15 is 0 Å². The fourth-order valence-corrected chi connectivity index (χ4v) is 2.94. The maximum atomic E-state index is 12.6. The van der Waals surface area contributed by atoms with Gasteiger partial charge in [-0.05, 0) is 41.2 Å². The Bertz CT molecular complexity index is 275. The van der Waals surface area contributed by atoms with Crippen LogP contribution in [-0.2, 0) is 4.79 Å². The Morgan fingerprint density at radius 3 is 1.84 bits per heavy atom. The summed E-state index contributed by atoms with van der Waals surface area (Å²) in [6.07, 6.45) is 0. The molecule has 1 aliphatic heterocycles. The van der Waals surface area contributed by atoms with E-state index in [1.54, 1.807) is 0 Å². The van der Waals surface area contributed by atoms with Crippen LogP contribution >= 0.6 is 0 Å². The van der Waals surface area contributed by atoms with Crippen LogP contribution in [0.5, 0.6) is 0 Å². The number of piperazine rings is 1. The Morgan fingerprint density at radius 1 is 1.00 bits per heavy atom. The Morgan fingerprint density at radius 2 is 1.47 bits per heavy atom. The molecule has 1 rings (SSSR count). The summed E-state index contributed by atoms with van der Waals surface area (Å²) in [7, 11) is 0. The second kappa shape index (κ2) is 7.25. The molecule has 0 aromatic rings. The highest BCUT2D eigenvalue weighted by Gasteiger charge is 2.30. The van der Waals surface area contributed by atoms with Crippen LogP contribution in [0.1, 0.15) is 41.5 Å². The van der Waals surface area contributed by atoms with Gasteiger partial charge in [-0.15, -0.1) is 0 Å². The Hall–Kier alpha value is -0.610. The summed E-state index contributed by atoms with van der Waals surface area (Å²) >= 11 is 0. The van der Waals surface area contributed by atoms with E-state index < -0.39 is 0 Å². The zero-order chi connectivity index (χ0) is 14.6. The third kappa shape index (κ3) is 4.18. The van der Waals surface area contributed by atoms with Crippen LogP contribution in [-0.4, -0.2) is 71.5 Å². The van der Waals surface area contributed by atoms with Gasteiger partial charge in [0.2, 0.25) is 5.91 Å². The Balaban J connectivity index is 2.61. The Kier molecular flexibility index (Phi) is 6.27. The molecular formula is C15H31N3O. The molecular weight excluding hydrogens is 238 g/mol. The van der Waals surface area contributed by atoms with Crippen molar-refractivity contribution in [2.75, 3.05) is 32.7 Å². The first-order valence-electron chi connectivity index (χ1n) is 7.67. The topological polar surface area (TPSA) is 26.8 Å². The number of nitrogens with zero attached hydrogens (tertiary/aromatic N) is 3. The van der Waals surface area contributed by atoms with Gasteiger partial charge in [-0.2, -0.15) is 0 Å². The van der Waals surface area contributed by atoms with Gasteiger partial charge >= 0.3 is 0 Å². The van der Waals surface area contributed by atoms with Crippen molar-refractivity contribution in [3.8, 4) is 0 Å². The molecule has 19 heavy (non-hydrogen) atoms. The summed E-state index contributed by atoms with van der Waals surface area (Å²) < 4.78 is 0. The van der Waals surface area contributed by atoms with Crippen LogP contribution in [0.3, 0.4) is 0 Å². The van der Waals surface area contributed by atoms with Crippen LogP contribution in [0.4, 0.5) is 0 Å². The molecule has 1 fully saturated rings. The summed E-state index contributed by atoms with van der Waals surface area (Å²) in [5.74, 6) is 0.273. The molecule has 1 unspecified atom stereocenters. The molecule has 112 valence electrons. The lowest BCUT2D eigenvalue weighted by Crippen LogP contribution is -2.56. The van der Waals surface area contributed by atoms with Crippen molar-refractivity contribution in [1.82, 2.24) is 14.7 Å². The molecule has 0 bridgehead atoms. The van der Waals surface area contributed by atoms with Crippen molar-refractivity contribution in [3.63, 3.8) is 0 Å². The fraction of sp³-hybridized carbons (Fsp3) is 0.933. The van der Waals surface area contributed by atoms with Crippen molar-refractivity contribution in [2.45, 2.75) is 59.7 Å². The molecule has 0 aromatic carbocycles. The van der Waals surface area contributed by atoms with Gasteiger partial charge in [0.25, 0.3) is 0 Å². The van der Waals surface area contributed by atoms with Crippen LogP contribution in [0.15, 0.2) is 0 Å². The molecule has 0 aromatic heterocycles. The molecule has 1 aliphatic rings. The van der Waals surface area contributed by atoms with Crippen LogP contribution < -0.4 is 0 Å². The van der Waals surface area contributed by atoms with Crippen LogP contribution in [0.2, 0.25) is 0 Å². The van der Waals surface area contributed by atoms with Crippen molar-refractivity contribution in [2.24, 2.45) is 0 Å². The molecule has 0 N–H and O–H groups in total. The van der Waals surface area contributed by atoms with Gasteiger partial charge in [0.1, 0.15) is 0 Å². The van der Waals surface area contributed by atoms with Crippen molar-refractivity contribution < 1.29 is 4.79 Å². The van der Waals surface area contributed by atoms with Crippen molar-refractivity contribution >= 4 is 5.91 Å². The van der Waals surface area contributed by atoms with Gasteiger partial charge in [0.05, 0.1) is 6.04 Å². The predicted octanol–water partition coefficient (Wildman–Crippen LogP) is 1.66. The second-order valence-corrected chi connectivity index (χ2v) is 6.08. The average Bonchev–Trinajstić information content (AvgIpc) is 2.37. The fourth-order valence-electron chi connectivity index (χ4n) is 2.94. The van der Waals surface area contributed by atoms with E-state index in [2.05, 4.69) is 51.3 Å². The second-order valence-electron chi connectivity index (χ2n) is 6.08. The van der Waals surface area contributed by atoms with Crippen LogP contribution in [0.25, 0.3) is 0 Å². The number of likely N-dealkylation sites (N-methyl/N-ethyl adjacent to an activating group) is 1. The number of hydrogen-bond acceptors (Lipinski definition) is 3. The van der Waals surface area contributed by atoms with Crippen molar-refractivity contribution in [3.05, 3.63) is 0 Å². The molecule has 1 saturated heterocycles. The molecule has 4 heteroatoms. The van der Waals surface area contributed by atoms with E-state index in [0.29, 0.717) is 0 Å². The highest BCUT2D eigenvalue weighted by atomic mass is 16.2. The van der Waals surface area contributed by atoms with Gasteiger partial charge in [0.15, 0.2) is 0 Å². The molecule has 1 heterocycles. The van der Waals surface area contributed by atoms with E-state index in [9.17, 15) is 4.79 Å². The van der Waals surface area contributed by atoms with Gasteiger partial charge in [0, 0.05) is 38.3 Å². The first kappa shape index (κ1) is 16.4. The lowest BCUT2D eigenvalue weighted by molar-refractivity contribution is -0.140. The van der Waals surface area contributed by atoms with E-state index in [0.717, 1.165) is 32.7 Å². The summed E-state index contributed by atoms with van der Waals surface area (Å²) in [4.78, 5) is 19.4. The van der Waals surface area contributed by atoms with E-state index in [-0.39, 0.29) is 24.0 Å². The largest absolute Gasteiger partial charge is 0.336 e. The number of carbonyl (C=O) groups excluding carboxylic acids is 1. The predicted molar refractivity (Wildman–Crippen MR) is 80.3 cm³/mol. The minimum atomic E-state index is 0.00352. The van der Waals surface area contributed by atoms with Gasteiger partial charge < -0.3 is 9.80 Å². The standard InChI is InChI=1S/C15H31N3O/c1-7-16-8-10-17(11-9-16)14(6)15(19)18(12(2)3)13(4)5/h12-14H,7-11H2,1-6H3. The normalized spacial score (nSPS) is 20.0. The van der Waals surface area contributed by atoms with Gasteiger partial charge in [-0.1, -0.05) is 6.92 Å². The van der Waals surface area contributed by atoms with E-state index in [4.69, 9.17) is 0 Å². The molecule has 0 radical (unpaired) electrons. The monoisotopic (exact) mass is 269 g/mol. The third-order valence-electron chi connectivity index (χ3n) is 4.13.